The monoisotopic (exact) mass is 1490 g/mol. The molecule has 0 saturated carbocycles. The SMILES string of the molecule is CCCCCCCCCCCCCCCCCCNCc1c(O)cc2c(c1O)-c1c(O)cccc1C1NC(=O)C3NC(=O)C4NC(=O)C(NC(=O)C(N)c5ccc(O)c(c5)Oc5cc(O)cc4c5)C(O)c4ccc(c(Cl)c4)Oc4cc3cc(c4O)Oc3ccc(cc3Cl)C(O)C(NC1=O)C(=O)NC2C(=O)O. The number of carboxylic acids is 1. The number of carbonyl (C=O) groups excluding carboxylic acids is 6. The fraction of sp³-hybridized carbons (Fsp3) is 0.364. The van der Waals surface area contributed by atoms with Crippen LogP contribution in [0.5, 0.6) is 69.0 Å². The highest BCUT2D eigenvalue weighted by Gasteiger charge is 2.44. The second-order valence-corrected chi connectivity index (χ2v) is 27.7. The molecule has 0 aromatic heterocycles. The molecule has 106 heavy (non-hydrogen) atoms. The van der Waals surface area contributed by atoms with Crippen LogP contribution in [0.2, 0.25) is 10.0 Å². The number of aliphatic hydroxyl groups excluding tert-OH is 2. The molecule has 6 heterocycles. The lowest BCUT2D eigenvalue weighted by atomic mass is 9.86. The van der Waals surface area contributed by atoms with Crippen LogP contribution in [0, 0.1) is 0 Å². The Morgan fingerprint density at radius 3 is 1.52 bits per heavy atom. The van der Waals surface area contributed by atoms with E-state index in [-0.39, 0.29) is 67.4 Å². The molecule has 0 spiro atoms. The van der Waals surface area contributed by atoms with Crippen molar-refractivity contribution in [3.8, 4) is 80.1 Å². The second-order valence-electron chi connectivity index (χ2n) is 26.9. The van der Waals surface area contributed by atoms with E-state index in [1.54, 1.807) is 0 Å². The number of unbranched alkanes of at least 4 members (excludes halogenated alkanes) is 15. The number of amides is 6. The number of fused-ring (bicyclic) bond motifs is 13. The van der Waals surface area contributed by atoms with E-state index >= 15 is 24.0 Å². The molecule has 13 rings (SSSR count). The molecule has 15 bridgehead atoms. The standard InChI is InChI=1S/C77H84Cl2N8O19/c1-2-3-4-5-6-7-8-9-10-11-12-13-14-15-16-17-27-81-37-47-52(91)36-46-59(69(47)94)58-45(19-18-20-51(58)90)63-74(99)87-66(76(101)85-64(46)77(102)103)68(93)40-23-26-54(49(79)31-40)106-57-34-42-33-56(70(57)95)105-53-25-22-39(30-48(53)78)67(92)65-75(100)83-61(72(97)82-62(42)73(98)84-63)41-28-43(88)35-44(29-41)104-55-32-38(21-24-50(55)89)60(80)71(96)86-65/h18-26,28-36,60-68,81,88-95H,2-17,27,37,80H2,1H3,(H,82,97)(H,83,100)(H,84,98)(H,85,101)(H,86,96)(H,87,99)(H,102,103). The number of hydrogen-bond donors (Lipinski definition) is 17. The molecule has 27 nitrogen and oxygen atoms in total. The third-order valence-electron chi connectivity index (χ3n) is 19.4. The number of nitrogens with two attached hydrogens (primary N) is 1. The van der Waals surface area contributed by atoms with Gasteiger partial charge in [-0.15, -0.1) is 0 Å². The van der Waals surface area contributed by atoms with Crippen molar-refractivity contribution >= 4 is 64.6 Å². The highest BCUT2D eigenvalue weighted by molar-refractivity contribution is 6.32. The summed E-state index contributed by atoms with van der Waals surface area (Å²) >= 11 is 13.8. The Labute approximate surface area is 619 Å². The molecule has 9 atom stereocenters. The maximum atomic E-state index is 16.2. The molecule has 0 radical (unpaired) electrons. The van der Waals surface area contributed by atoms with E-state index in [0.29, 0.717) is 13.0 Å². The number of phenols is 6. The predicted octanol–water partition coefficient (Wildman–Crippen LogP) is 10.8. The van der Waals surface area contributed by atoms with Gasteiger partial charge in [-0.3, -0.25) is 28.8 Å². The number of hydrogen-bond acceptors (Lipinski definition) is 20. The normalized spacial score (nSPS) is 20.8. The van der Waals surface area contributed by atoms with Crippen molar-refractivity contribution in [3.05, 3.63) is 164 Å². The van der Waals surface area contributed by atoms with Crippen molar-refractivity contribution in [1.29, 1.82) is 0 Å². The zero-order valence-corrected chi connectivity index (χ0v) is 59.3. The molecule has 7 aromatic rings. The predicted molar refractivity (Wildman–Crippen MR) is 387 cm³/mol. The van der Waals surface area contributed by atoms with E-state index in [1.165, 1.54) is 113 Å². The van der Waals surface area contributed by atoms with Gasteiger partial charge in [0.2, 0.25) is 41.2 Å². The Balaban J connectivity index is 1.01. The molecule has 29 heteroatoms. The summed E-state index contributed by atoms with van der Waals surface area (Å²) in [5.41, 5.74) is 3.07. The van der Waals surface area contributed by atoms with Gasteiger partial charge in [-0.2, -0.15) is 0 Å². The quantitative estimate of drug-likeness (QED) is 0.0315. The van der Waals surface area contributed by atoms with Gasteiger partial charge in [-0.25, -0.2) is 4.79 Å². The van der Waals surface area contributed by atoms with Crippen LogP contribution in [0.3, 0.4) is 0 Å². The summed E-state index contributed by atoms with van der Waals surface area (Å²) in [5.74, 6) is -16.3. The van der Waals surface area contributed by atoms with Crippen molar-refractivity contribution in [3.63, 3.8) is 0 Å². The molecule has 6 aliphatic heterocycles. The van der Waals surface area contributed by atoms with Gasteiger partial charge in [0.05, 0.1) is 15.6 Å². The van der Waals surface area contributed by atoms with Crippen LogP contribution in [-0.2, 0) is 40.1 Å². The molecule has 560 valence electrons. The fourth-order valence-electron chi connectivity index (χ4n) is 13.6. The lowest BCUT2D eigenvalue weighted by Crippen LogP contribution is -2.55. The molecule has 0 aliphatic carbocycles. The molecular formula is C77H84Cl2N8O19. The number of rotatable bonds is 20. The number of aliphatic hydroxyl groups is 2. The number of phenolic OH excluding ortho intramolecular Hbond substituents is 6. The highest BCUT2D eigenvalue weighted by atomic mass is 35.5. The van der Waals surface area contributed by atoms with Crippen LogP contribution in [-0.4, -0.2) is 106 Å². The zero-order valence-electron chi connectivity index (χ0n) is 57.8. The number of halogens is 2. The largest absolute Gasteiger partial charge is 0.508 e. The number of carboxylic acid groups (broad SMARTS) is 1. The van der Waals surface area contributed by atoms with E-state index in [1.807, 2.05) is 0 Å². The molecule has 9 unspecified atom stereocenters. The Morgan fingerprint density at radius 1 is 0.453 bits per heavy atom. The Kier molecular flexibility index (Phi) is 24.7. The fourth-order valence-corrected chi connectivity index (χ4v) is 14.1. The molecule has 0 saturated heterocycles. The minimum Gasteiger partial charge on any atom is -0.508 e. The highest BCUT2D eigenvalue weighted by Crippen LogP contribution is 2.51. The minimum atomic E-state index is -2.29. The number of aromatic hydroxyl groups is 6. The van der Waals surface area contributed by atoms with Gasteiger partial charge in [0.25, 0.3) is 0 Å². The van der Waals surface area contributed by atoms with Crippen molar-refractivity contribution < 1.29 is 93.7 Å². The first kappa shape index (κ1) is 76.6. The number of aliphatic carboxylic acids is 1. The third kappa shape index (κ3) is 17.4. The lowest BCUT2D eigenvalue weighted by Gasteiger charge is -2.31. The van der Waals surface area contributed by atoms with E-state index in [4.69, 9.17) is 43.1 Å². The summed E-state index contributed by atoms with van der Waals surface area (Å²) in [5, 5.41) is 125. The van der Waals surface area contributed by atoms with E-state index in [0.717, 1.165) is 92.8 Å². The van der Waals surface area contributed by atoms with Crippen molar-refractivity contribution in [2.24, 2.45) is 5.73 Å². The van der Waals surface area contributed by atoms with E-state index < -0.39 is 170 Å². The molecule has 0 fully saturated rings. The molecular weight excluding hydrogens is 1410 g/mol. The molecule has 7 aromatic carbocycles. The first-order chi connectivity index (χ1) is 50.9. The van der Waals surface area contributed by atoms with Crippen LogP contribution < -0.4 is 57.2 Å². The summed E-state index contributed by atoms with van der Waals surface area (Å²) in [4.78, 5) is 106. The number of nitrogens with one attached hydrogen (secondary N) is 7. The zero-order chi connectivity index (χ0) is 75.6. The van der Waals surface area contributed by atoms with E-state index in [9.17, 15) is 55.5 Å². The smallest absolute Gasteiger partial charge is 0.330 e. The summed E-state index contributed by atoms with van der Waals surface area (Å²) in [6.45, 7) is 2.36. The van der Waals surface area contributed by atoms with Gasteiger partial charge in [0.1, 0.15) is 88.7 Å². The Bertz CT molecular complexity index is 4500. The average molecular weight is 1500 g/mol. The summed E-state index contributed by atoms with van der Waals surface area (Å²) in [7, 11) is 0. The van der Waals surface area contributed by atoms with Gasteiger partial charge in [-0.1, -0.05) is 157 Å². The van der Waals surface area contributed by atoms with Crippen molar-refractivity contribution in [2.45, 2.75) is 171 Å². The number of benzene rings is 7. The van der Waals surface area contributed by atoms with Gasteiger partial charge < -0.3 is 103 Å². The number of ether oxygens (including phenoxy) is 3. The van der Waals surface area contributed by atoms with Crippen LogP contribution in [0.1, 0.15) is 197 Å². The van der Waals surface area contributed by atoms with Crippen molar-refractivity contribution in [1.82, 2.24) is 37.2 Å². The van der Waals surface area contributed by atoms with Crippen molar-refractivity contribution in [2.75, 3.05) is 6.54 Å². The van der Waals surface area contributed by atoms with E-state index in [2.05, 4.69) is 44.1 Å². The average Bonchev–Trinajstić information content (AvgIpc) is 1.15. The van der Waals surface area contributed by atoms with Crippen LogP contribution in [0.15, 0.2) is 109 Å². The lowest BCUT2D eigenvalue weighted by molar-refractivity contribution is -0.143. The first-order valence-electron chi connectivity index (χ1n) is 35.3. The van der Waals surface area contributed by atoms with Gasteiger partial charge >= 0.3 is 5.97 Å². The minimum absolute atomic E-state index is 0.0331. The maximum Gasteiger partial charge on any atom is 0.330 e. The summed E-state index contributed by atoms with van der Waals surface area (Å²) in [6, 6.07) is 5.55. The van der Waals surface area contributed by atoms with Crippen LogP contribution in [0.4, 0.5) is 0 Å². The van der Waals surface area contributed by atoms with Gasteiger partial charge in [-0.05, 0) is 119 Å². The molecule has 18 N–H and O–H groups in total. The third-order valence-corrected chi connectivity index (χ3v) is 20.0. The van der Waals surface area contributed by atoms with Gasteiger partial charge in [0.15, 0.2) is 29.0 Å². The summed E-state index contributed by atoms with van der Waals surface area (Å²) in [6.07, 6.45) is 14.3. The van der Waals surface area contributed by atoms with Crippen LogP contribution in [0.25, 0.3) is 11.1 Å². The maximum absolute atomic E-state index is 16.2. The Hall–Kier alpha value is -10.6. The topological polar surface area (TPSA) is 439 Å². The Morgan fingerprint density at radius 2 is 0.953 bits per heavy atom. The molecule has 6 amide bonds. The van der Waals surface area contributed by atoms with Gasteiger partial charge in [0, 0.05) is 29.3 Å². The second kappa shape index (κ2) is 34.1. The first-order valence-corrected chi connectivity index (χ1v) is 36.1. The summed E-state index contributed by atoms with van der Waals surface area (Å²) < 4.78 is 18.5. The number of carbonyl (C=O) groups is 7. The molecule has 6 aliphatic rings. The van der Waals surface area contributed by atoms with Crippen LogP contribution >= 0.6 is 23.2 Å².